The van der Waals surface area contributed by atoms with Crippen molar-refractivity contribution in [2.24, 2.45) is 0 Å². The van der Waals surface area contributed by atoms with Gasteiger partial charge in [0.1, 0.15) is 5.69 Å². The highest BCUT2D eigenvalue weighted by atomic mass is 16.1. The Morgan fingerprint density at radius 1 is 1.19 bits per heavy atom. The van der Waals surface area contributed by atoms with Gasteiger partial charge in [-0.05, 0) is 43.3 Å². The van der Waals surface area contributed by atoms with Gasteiger partial charge in [0, 0.05) is 16.6 Å². The fourth-order valence-electron chi connectivity index (χ4n) is 2.24. The summed E-state index contributed by atoms with van der Waals surface area (Å²) in [5.41, 5.74) is 3.69. The van der Waals surface area contributed by atoms with Crippen LogP contribution in [0.2, 0.25) is 0 Å². The Bertz CT molecular complexity index is 871. The quantitative estimate of drug-likeness (QED) is 0.750. The number of carbonyl (C=O) groups is 1. The first-order valence-corrected chi connectivity index (χ1v) is 6.56. The fraction of sp³-hybridized carbons (Fsp3) is 0.0588. The number of rotatable bonds is 2. The lowest BCUT2D eigenvalue weighted by Crippen LogP contribution is -2.12. The van der Waals surface area contributed by atoms with Crippen LogP contribution in [0.5, 0.6) is 0 Å². The molecule has 21 heavy (non-hydrogen) atoms. The summed E-state index contributed by atoms with van der Waals surface area (Å²) in [6, 6.07) is 16.7. The first-order chi connectivity index (χ1) is 10.2. The molecule has 2 N–H and O–H groups in total. The van der Waals surface area contributed by atoms with Gasteiger partial charge in [-0.25, -0.2) is 0 Å². The minimum absolute atomic E-state index is 0.223. The molecule has 0 spiro atoms. The number of amides is 1. The standard InChI is InChI=1S/C17H13N3O/c1-11-5-6-15-13(7-11)9-16(20-15)17(21)19-14-4-2-3-12(8-14)10-18/h2-9,20H,1H3,(H,19,21). The zero-order valence-corrected chi connectivity index (χ0v) is 11.5. The number of hydrogen-bond donors (Lipinski definition) is 2. The van der Waals surface area contributed by atoms with Gasteiger partial charge in [-0.3, -0.25) is 4.79 Å². The van der Waals surface area contributed by atoms with Crippen LogP contribution in [0.1, 0.15) is 21.6 Å². The summed E-state index contributed by atoms with van der Waals surface area (Å²) in [7, 11) is 0. The van der Waals surface area contributed by atoms with E-state index in [9.17, 15) is 4.79 Å². The lowest BCUT2D eigenvalue weighted by molar-refractivity contribution is 0.102. The molecule has 0 radical (unpaired) electrons. The number of hydrogen-bond acceptors (Lipinski definition) is 2. The molecule has 1 aromatic heterocycles. The van der Waals surface area contributed by atoms with Gasteiger partial charge in [0.15, 0.2) is 0 Å². The highest BCUT2D eigenvalue weighted by Gasteiger charge is 2.10. The second-order valence-electron chi connectivity index (χ2n) is 4.92. The van der Waals surface area contributed by atoms with Crippen molar-refractivity contribution >= 4 is 22.5 Å². The molecule has 0 fully saturated rings. The van der Waals surface area contributed by atoms with Crippen LogP contribution in [-0.4, -0.2) is 10.9 Å². The predicted molar refractivity (Wildman–Crippen MR) is 82.1 cm³/mol. The van der Waals surface area contributed by atoms with Gasteiger partial charge < -0.3 is 10.3 Å². The molecule has 0 saturated heterocycles. The molecule has 0 saturated carbocycles. The Morgan fingerprint density at radius 3 is 2.86 bits per heavy atom. The summed E-state index contributed by atoms with van der Waals surface area (Å²) < 4.78 is 0. The first kappa shape index (κ1) is 12.9. The molecule has 3 rings (SSSR count). The highest BCUT2D eigenvalue weighted by Crippen LogP contribution is 2.18. The van der Waals surface area contributed by atoms with Gasteiger partial charge in [-0.1, -0.05) is 17.7 Å². The van der Waals surface area contributed by atoms with E-state index in [2.05, 4.69) is 10.3 Å². The third-order valence-electron chi connectivity index (χ3n) is 3.27. The average Bonchev–Trinajstić information content (AvgIpc) is 2.90. The zero-order chi connectivity index (χ0) is 14.8. The van der Waals surface area contributed by atoms with Gasteiger partial charge in [-0.2, -0.15) is 5.26 Å². The molecule has 4 heteroatoms. The van der Waals surface area contributed by atoms with Crippen LogP contribution in [0.3, 0.4) is 0 Å². The van der Waals surface area contributed by atoms with Crippen LogP contribution in [0.25, 0.3) is 10.9 Å². The van der Waals surface area contributed by atoms with Crippen molar-refractivity contribution < 1.29 is 4.79 Å². The maximum absolute atomic E-state index is 12.2. The minimum Gasteiger partial charge on any atom is -0.351 e. The Balaban J connectivity index is 1.88. The normalized spacial score (nSPS) is 10.3. The van der Waals surface area contributed by atoms with Crippen molar-refractivity contribution in [3.05, 3.63) is 65.4 Å². The summed E-state index contributed by atoms with van der Waals surface area (Å²) >= 11 is 0. The lowest BCUT2D eigenvalue weighted by Gasteiger charge is -2.03. The van der Waals surface area contributed by atoms with Gasteiger partial charge in [0.2, 0.25) is 0 Å². The predicted octanol–water partition coefficient (Wildman–Crippen LogP) is 3.60. The van der Waals surface area contributed by atoms with Gasteiger partial charge >= 0.3 is 0 Å². The van der Waals surface area contributed by atoms with E-state index >= 15 is 0 Å². The number of nitrogens with one attached hydrogen (secondary N) is 2. The molecule has 0 bridgehead atoms. The maximum Gasteiger partial charge on any atom is 0.272 e. The van der Waals surface area contributed by atoms with E-state index in [0.717, 1.165) is 16.5 Å². The van der Waals surface area contributed by atoms with E-state index in [0.29, 0.717) is 16.9 Å². The molecule has 0 atom stereocenters. The van der Waals surface area contributed by atoms with E-state index in [1.165, 1.54) is 0 Å². The van der Waals surface area contributed by atoms with Crippen molar-refractivity contribution in [3.8, 4) is 6.07 Å². The summed E-state index contributed by atoms with van der Waals surface area (Å²) in [5, 5.41) is 12.7. The second-order valence-corrected chi connectivity index (χ2v) is 4.92. The molecular formula is C17H13N3O. The number of carbonyl (C=O) groups excluding carboxylic acids is 1. The fourth-order valence-corrected chi connectivity index (χ4v) is 2.24. The zero-order valence-electron chi connectivity index (χ0n) is 11.5. The third kappa shape index (κ3) is 2.63. The Morgan fingerprint density at radius 2 is 2.05 bits per heavy atom. The highest BCUT2D eigenvalue weighted by molar-refractivity contribution is 6.06. The van der Waals surface area contributed by atoms with E-state index in [4.69, 9.17) is 5.26 Å². The number of H-pyrrole nitrogens is 1. The van der Waals surface area contributed by atoms with Crippen molar-refractivity contribution in [1.29, 1.82) is 5.26 Å². The monoisotopic (exact) mass is 275 g/mol. The topological polar surface area (TPSA) is 68.7 Å². The van der Waals surface area contributed by atoms with E-state index in [1.54, 1.807) is 24.3 Å². The van der Waals surface area contributed by atoms with Crippen LogP contribution in [0.15, 0.2) is 48.5 Å². The van der Waals surface area contributed by atoms with Crippen LogP contribution in [-0.2, 0) is 0 Å². The van der Waals surface area contributed by atoms with Crippen LogP contribution >= 0.6 is 0 Å². The van der Waals surface area contributed by atoms with E-state index in [1.807, 2.05) is 37.3 Å². The van der Waals surface area contributed by atoms with Crippen molar-refractivity contribution in [2.75, 3.05) is 5.32 Å². The SMILES string of the molecule is Cc1ccc2[nH]c(C(=O)Nc3cccc(C#N)c3)cc2c1. The lowest BCUT2D eigenvalue weighted by atomic mass is 10.2. The Kier molecular flexibility index (Phi) is 3.17. The smallest absolute Gasteiger partial charge is 0.272 e. The molecular weight excluding hydrogens is 262 g/mol. The average molecular weight is 275 g/mol. The Hall–Kier alpha value is -3.06. The number of aryl methyl sites for hydroxylation is 1. The molecule has 1 heterocycles. The molecule has 0 unspecified atom stereocenters. The second kappa shape index (κ2) is 5.14. The van der Waals surface area contributed by atoms with Crippen LogP contribution in [0.4, 0.5) is 5.69 Å². The number of nitrogens with zero attached hydrogens (tertiary/aromatic N) is 1. The van der Waals surface area contributed by atoms with Gasteiger partial charge in [-0.15, -0.1) is 0 Å². The first-order valence-electron chi connectivity index (χ1n) is 6.56. The number of fused-ring (bicyclic) bond motifs is 1. The summed E-state index contributed by atoms with van der Waals surface area (Å²) in [4.78, 5) is 15.3. The summed E-state index contributed by atoms with van der Waals surface area (Å²) in [5.74, 6) is -0.223. The third-order valence-corrected chi connectivity index (χ3v) is 3.27. The molecule has 102 valence electrons. The van der Waals surface area contributed by atoms with Crippen LogP contribution in [0, 0.1) is 18.3 Å². The largest absolute Gasteiger partial charge is 0.351 e. The number of anilines is 1. The summed E-state index contributed by atoms with van der Waals surface area (Å²) in [6.07, 6.45) is 0. The molecule has 0 aliphatic carbocycles. The molecule has 4 nitrogen and oxygen atoms in total. The number of nitriles is 1. The van der Waals surface area contributed by atoms with Crippen molar-refractivity contribution in [2.45, 2.75) is 6.92 Å². The molecule has 1 amide bonds. The molecule has 0 aliphatic rings. The van der Waals surface area contributed by atoms with Crippen molar-refractivity contribution in [3.63, 3.8) is 0 Å². The van der Waals surface area contributed by atoms with E-state index in [-0.39, 0.29) is 5.91 Å². The Labute approximate surface area is 122 Å². The minimum atomic E-state index is -0.223. The van der Waals surface area contributed by atoms with Gasteiger partial charge in [0.25, 0.3) is 5.91 Å². The number of benzene rings is 2. The molecule has 2 aromatic carbocycles. The van der Waals surface area contributed by atoms with E-state index < -0.39 is 0 Å². The number of aromatic amines is 1. The van der Waals surface area contributed by atoms with Crippen LogP contribution < -0.4 is 5.32 Å². The molecule has 3 aromatic rings. The van der Waals surface area contributed by atoms with Crippen molar-refractivity contribution in [1.82, 2.24) is 4.98 Å². The summed E-state index contributed by atoms with van der Waals surface area (Å²) in [6.45, 7) is 2.01. The number of aromatic nitrogens is 1. The van der Waals surface area contributed by atoms with Gasteiger partial charge in [0.05, 0.1) is 11.6 Å². The molecule has 0 aliphatic heterocycles. The maximum atomic E-state index is 12.2.